The van der Waals surface area contributed by atoms with Gasteiger partial charge in [-0.15, -0.1) is 11.3 Å². The van der Waals surface area contributed by atoms with Crippen LogP contribution in [-0.4, -0.2) is 43.4 Å². The molecule has 0 atom stereocenters. The van der Waals surface area contributed by atoms with Crippen molar-refractivity contribution in [2.45, 2.75) is 39.5 Å². The third kappa shape index (κ3) is 3.71. The Hall–Kier alpha value is -1.20. The zero-order chi connectivity index (χ0) is 15.2. The Morgan fingerprint density at radius 1 is 1.29 bits per heavy atom. The Balaban J connectivity index is 2.05. The molecule has 2 rings (SSSR count). The fourth-order valence-electron chi connectivity index (χ4n) is 2.77. The molecule has 0 saturated carbocycles. The molecule has 1 aromatic rings. The number of rotatable bonds is 7. The van der Waals surface area contributed by atoms with Crippen LogP contribution >= 0.6 is 11.3 Å². The zero-order valence-corrected chi connectivity index (χ0v) is 13.6. The number of fused-ring (bicyclic) bond motifs is 1. The van der Waals surface area contributed by atoms with Crippen molar-refractivity contribution in [2.24, 2.45) is 0 Å². The summed E-state index contributed by atoms with van der Waals surface area (Å²) in [5.74, 6) is -0.330. The van der Waals surface area contributed by atoms with Crippen LogP contribution in [0.4, 0.5) is 0 Å². The van der Waals surface area contributed by atoms with E-state index in [0.29, 0.717) is 17.0 Å². The summed E-state index contributed by atoms with van der Waals surface area (Å²) in [5, 5.41) is 0. The molecule has 0 radical (unpaired) electrons. The predicted molar refractivity (Wildman–Crippen MR) is 84.4 cm³/mol. The summed E-state index contributed by atoms with van der Waals surface area (Å²) in [4.78, 5) is 27.5. The van der Waals surface area contributed by atoms with Crippen molar-refractivity contribution in [3.8, 4) is 0 Å². The van der Waals surface area contributed by atoms with E-state index in [-0.39, 0.29) is 5.97 Å². The molecule has 0 aliphatic heterocycles. The third-order valence-electron chi connectivity index (χ3n) is 4.04. The molecule has 5 heteroatoms. The summed E-state index contributed by atoms with van der Waals surface area (Å²) in [7, 11) is 0. The van der Waals surface area contributed by atoms with E-state index in [9.17, 15) is 9.59 Å². The van der Waals surface area contributed by atoms with Gasteiger partial charge in [-0.1, -0.05) is 13.8 Å². The van der Waals surface area contributed by atoms with Crippen LogP contribution in [0.2, 0.25) is 0 Å². The number of likely N-dealkylation sites (N-methyl/N-ethyl adjacent to an activating group) is 1. The van der Waals surface area contributed by atoms with Gasteiger partial charge in [-0.25, -0.2) is 4.79 Å². The summed E-state index contributed by atoms with van der Waals surface area (Å²) >= 11 is 1.46. The number of carbonyl (C=O) groups excluding carboxylic acids is 2. The summed E-state index contributed by atoms with van der Waals surface area (Å²) in [6, 6.07) is 0. The lowest BCUT2D eigenvalue weighted by Crippen LogP contribution is -2.28. The number of aryl methyl sites for hydroxylation is 1. The highest BCUT2D eigenvalue weighted by Crippen LogP contribution is 2.34. The number of aldehydes is 1. The van der Waals surface area contributed by atoms with Crippen LogP contribution in [0.1, 0.15) is 57.2 Å². The van der Waals surface area contributed by atoms with E-state index in [1.165, 1.54) is 16.2 Å². The minimum Gasteiger partial charge on any atom is -0.461 e. The fraction of sp³-hybridized carbons (Fsp3) is 0.625. The van der Waals surface area contributed by atoms with Gasteiger partial charge in [-0.05, 0) is 44.3 Å². The third-order valence-corrected chi connectivity index (χ3v) is 5.26. The van der Waals surface area contributed by atoms with E-state index >= 15 is 0 Å². The van der Waals surface area contributed by atoms with Crippen LogP contribution in [0.15, 0.2) is 0 Å². The molecule has 0 spiro atoms. The molecule has 1 heterocycles. The fourth-order valence-corrected chi connectivity index (χ4v) is 3.97. The van der Waals surface area contributed by atoms with Gasteiger partial charge in [0, 0.05) is 11.4 Å². The summed E-state index contributed by atoms with van der Waals surface area (Å²) in [5.41, 5.74) is 1.59. The lowest BCUT2D eigenvalue weighted by atomic mass is 9.95. The van der Waals surface area contributed by atoms with E-state index in [4.69, 9.17) is 4.74 Å². The van der Waals surface area contributed by atoms with E-state index < -0.39 is 0 Å². The first kappa shape index (κ1) is 16.2. The van der Waals surface area contributed by atoms with E-state index in [0.717, 1.165) is 57.2 Å². The van der Waals surface area contributed by atoms with Gasteiger partial charge in [0.05, 0.1) is 10.4 Å². The number of hydrogen-bond acceptors (Lipinski definition) is 5. The van der Waals surface area contributed by atoms with Gasteiger partial charge >= 0.3 is 5.97 Å². The lowest BCUT2D eigenvalue weighted by Gasteiger charge is -2.18. The van der Waals surface area contributed by atoms with E-state index in [1.807, 2.05) is 0 Å². The Kier molecular flexibility index (Phi) is 5.94. The smallest absolute Gasteiger partial charge is 0.340 e. The second kappa shape index (κ2) is 7.71. The highest BCUT2D eigenvalue weighted by Gasteiger charge is 2.26. The van der Waals surface area contributed by atoms with Crippen LogP contribution in [0.5, 0.6) is 0 Å². The highest BCUT2D eigenvalue weighted by atomic mass is 32.1. The first-order valence-corrected chi connectivity index (χ1v) is 8.52. The molecule has 4 nitrogen and oxygen atoms in total. The number of nitrogens with zero attached hydrogens (tertiary/aromatic N) is 1. The molecule has 21 heavy (non-hydrogen) atoms. The number of thiophene rings is 1. The molecule has 0 saturated heterocycles. The molecule has 0 N–H and O–H groups in total. The molecule has 0 amide bonds. The van der Waals surface area contributed by atoms with Gasteiger partial charge in [0.2, 0.25) is 0 Å². The van der Waals surface area contributed by atoms with Crippen molar-refractivity contribution >= 4 is 23.6 Å². The summed E-state index contributed by atoms with van der Waals surface area (Å²) in [6.07, 6.45) is 4.89. The molecule has 1 aliphatic rings. The van der Waals surface area contributed by atoms with Crippen molar-refractivity contribution in [1.82, 2.24) is 4.90 Å². The normalized spacial score (nSPS) is 14.0. The van der Waals surface area contributed by atoms with Gasteiger partial charge < -0.3 is 9.64 Å². The van der Waals surface area contributed by atoms with Crippen LogP contribution in [-0.2, 0) is 17.6 Å². The van der Waals surface area contributed by atoms with Gasteiger partial charge in [0.1, 0.15) is 6.61 Å². The average molecular weight is 309 g/mol. The zero-order valence-electron chi connectivity index (χ0n) is 12.8. The quantitative estimate of drug-likeness (QED) is 0.574. The van der Waals surface area contributed by atoms with Crippen LogP contribution < -0.4 is 0 Å². The molecule has 0 unspecified atom stereocenters. The van der Waals surface area contributed by atoms with Crippen molar-refractivity contribution < 1.29 is 14.3 Å². The number of hydrogen-bond donors (Lipinski definition) is 0. The second-order valence-electron chi connectivity index (χ2n) is 5.23. The monoisotopic (exact) mass is 309 g/mol. The first-order valence-electron chi connectivity index (χ1n) is 7.70. The maximum Gasteiger partial charge on any atom is 0.340 e. The van der Waals surface area contributed by atoms with Gasteiger partial charge in [-0.2, -0.15) is 0 Å². The molecule has 1 aromatic heterocycles. The Morgan fingerprint density at radius 2 is 2.00 bits per heavy atom. The first-order chi connectivity index (χ1) is 10.2. The molecule has 0 aromatic carbocycles. The maximum atomic E-state index is 12.3. The molecule has 1 aliphatic carbocycles. The topological polar surface area (TPSA) is 46.6 Å². The minimum atomic E-state index is -0.330. The van der Waals surface area contributed by atoms with Gasteiger partial charge in [0.15, 0.2) is 6.29 Å². The number of ether oxygens (including phenoxy) is 1. The molecular formula is C16H23NO3S. The van der Waals surface area contributed by atoms with E-state index in [2.05, 4.69) is 18.7 Å². The minimum absolute atomic E-state index is 0.330. The van der Waals surface area contributed by atoms with Crippen molar-refractivity contribution in [2.75, 3.05) is 26.2 Å². The molecule has 0 fully saturated rings. The summed E-state index contributed by atoms with van der Waals surface area (Å²) in [6.45, 7) is 7.18. The van der Waals surface area contributed by atoms with E-state index in [1.54, 1.807) is 0 Å². The van der Waals surface area contributed by atoms with Crippen molar-refractivity contribution in [3.05, 3.63) is 20.9 Å². The van der Waals surface area contributed by atoms with Crippen LogP contribution in [0.25, 0.3) is 0 Å². The van der Waals surface area contributed by atoms with Crippen molar-refractivity contribution in [1.29, 1.82) is 0 Å². The van der Waals surface area contributed by atoms with Crippen molar-refractivity contribution in [3.63, 3.8) is 0 Å². The van der Waals surface area contributed by atoms with Crippen LogP contribution in [0.3, 0.4) is 0 Å². The average Bonchev–Trinajstić information content (AvgIpc) is 2.90. The SMILES string of the molecule is CCN(CC)CCOC(=O)c1c(C=O)sc2c1CCCC2. The summed E-state index contributed by atoms with van der Waals surface area (Å²) < 4.78 is 5.40. The van der Waals surface area contributed by atoms with Gasteiger partial charge in [-0.3, -0.25) is 4.79 Å². The Morgan fingerprint density at radius 3 is 2.67 bits per heavy atom. The Labute approximate surface area is 130 Å². The number of carbonyl (C=O) groups is 2. The lowest BCUT2D eigenvalue weighted by molar-refractivity contribution is 0.0464. The van der Waals surface area contributed by atoms with Crippen LogP contribution in [0, 0.1) is 0 Å². The maximum absolute atomic E-state index is 12.3. The number of esters is 1. The second-order valence-corrected chi connectivity index (χ2v) is 6.37. The highest BCUT2D eigenvalue weighted by molar-refractivity contribution is 7.14. The van der Waals surface area contributed by atoms with Gasteiger partial charge in [0.25, 0.3) is 0 Å². The largest absolute Gasteiger partial charge is 0.461 e. The molecule has 116 valence electrons. The Bertz CT molecular complexity index is 506. The standard InChI is InChI=1S/C16H23NO3S/c1-3-17(4-2)9-10-20-16(19)15-12-7-5-6-8-13(12)21-14(15)11-18/h11H,3-10H2,1-2H3. The molecule has 0 bridgehead atoms. The predicted octanol–water partition coefficient (Wildman–Crippen LogP) is 2.94. The molecular weight excluding hydrogens is 286 g/mol.